The molecule has 2 aromatic carbocycles. The van der Waals surface area contributed by atoms with E-state index in [1.165, 1.54) is 0 Å². The molecule has 0 radical (unpaired) electrons. The van der Waals surface area contributed by atoms with Gasteiger partial charge in [0.2, 0.25) is 5.91 Å². The van der Waals surface area contributed by atoms with Gasteiger partial charge < -0.3 is 4.90 Å². The molecule has 2 nitrogen and oxygen atoms in total. The van der Waals surface area contributed by atoms with E-state index in [9.17, 15) is 4.79 Å². The zero-order valence-electron chi connectivity index (χ0n) is 11.3. The molecule has 2 rings (SSSR count). The van der Waals surface area contributed by atoms with Gasteiger partial charge in [-0.3, -0.25) is 4.79 Å². The van der Waals surface area contributed by atoms with E-state index in [2.05, 4.69) is 24.1 Å². The monoisotopic (exact) mass is 285 g/mol. The Morgan fingerprint density at radius 3 is 2.70 bits per heavy atom. The fourth-order valence-electron chi connectivity index (χ4n) is 2.40. The highest BCUT2D eigenvalue weighted by Crippen LogP contribution is 2.28. The van der Waals surface area contributed by atoms with Gasteiger partial charge in [0.15, 0.2) is 0 Å². The van der Waals surface area contributed by atoms with Crippen LogP contribution in [0, 0.1) is 12.3 Å². The Kier molecular flexibility index (Phi) is 4.65. The fraction of sp³-hybridized carbons (Fsp3) is 0.235. The normalized spacial score (nSPS) is 11.8. The Balaban J connectivity index is 2.46. The SMILES string of the molecule is C#CCN(C(=O)CCl)[C@@H](C)c1cccc2ccccc12. The molecule has 0 bridgehead atoms. The van der Waals surface area contributed by atoms with Crippen molar-refractivity contribution in [2.75, 3.05) is 12.4 Å². The lowest BCUT2D eigenvalue weighted by atomic mass is 9.98. The summed E-state index contributed by atoms with van der Waals surface area (Å²) < 4.78 is 0. The van der Waals surface area contributed by atoms with Gasteiger partial charge in [-0.2, -0.15) is 0 Å². The van der Waals surface area contributed by atoms with Crippen LogP contribution in [0.5, 0.6) is 0 Å². The average molecular weight is 286 g/mol. The van der Waals surface area contributed by atoms with E-state index < -0.39 is 0 Å². The first-order valence-electron chi connectivity index (χ1n) is 6.45. The topological polar surface area (TPSA) is 20.3 Å². The summed E-state index contributed by atoms with van der Waals surface area (Å²) in [7, 11) is 0. The van der Waals surface area contributed by atoms with Gasteiger partial charge in [0, 0.05) is 0 Å². The molecule has 0 N–H and O–H groups in total. The fourth-order valence-corrected chi connectivity index (χ4v) is 2.55. The van der Waals surface area contributed by atoms with Crippen molar-refractivity contribution < 1.29 is 4.79 Å². The summed E-state index contributed by atoms with van der Waals surface area (Å²) in [4.78, 5) is 13.6. The van der Waals surface area contributed by atoms with Crippen LogP contribution in [0.3, 0.4) is 0 Å². The second-order valence-corrected chi connectivity index (χ2v) is 4.87. The third kappa shape index (κ3) is 2.79. The number of benzene rings is 2. The van der Waals surface area contributed by atoms with Crippen molar-refractivity contribution >= 4 is 28.3 Å². The van der Waals surface area contributed by atoms with Crippen LogP contribution >= 0.6 is 11.6 Å². The molecule has 0 saturated heterocycles. The molecule has 0 aliphatic heterocycles. The lowest BCUT2D eigenvalue weighted by Crippen LogP contribution is -2.34. The van der Waals surface area contributed by atoms with Crippen LogP contribution in [-0.2, 0) is 4.79 Å². The molecule has 0 fully saturated rings. The van der Waals surface area contributed by atoms with Crippen molar-refractivity contribution in [1.82, 2.24) is 4.90 Å². The number of halogens is 1. The molecule has 0 aliphatic carbocycles. The van der Waals surface area contributed by atoms with Crippen LogP contribution in [0.1, 0.15) is 18.5 Å². The summed E-state index contributed by atoms with van der Waals surface area (Å²) in [6.45, 7) is 2.24. The van der Waals surface area contributed by atoms with Gasteiger partial charge in [0.05, 0.1) is 12.6 Å². The van der Waals surface area contributed by atoms with E-state index in [0.717, 1.165) is 16.3 Å². The van der Waals surface area contributed by atoms with Crippen LogP contribution in [0.15, 0.2) is 42.5 Å². The van der Waals surface area contributed by atoms with E-state index in [0.29, 0.717) is 0 Å². The van der Waals surface area contributed by atoms with Gasteiger partial charge in [0.1, 0.15) is 5.88 Å². The smallest absolute Gasteiger partial charge is 0.238 e. The largest absolute Gasteiger partial charge is 0.324 e. The minimum atomic E-state index is -0.148. The molecule has 0 saturated carbocycles. The molecule has 20 heavy (non-hydrogen) atoms. The maximum absolute atomic E-state index is 12.0. The Hall–Kier alpha value is -1.98. The zero-order valence-corrected chi connectivity index (χ0v) is 12.1. The standard InChI is InChI=1S/C17H16ClNO/c1-3-11-19(17(20)12-18)13(2)15-10-6-8-14-7-4-5-9-16(14)15/h1,4-10,13H,11-12H2,2H3/t13-/m0/s1. The van der Waals surface area contributed by atoms with Crippen molar-refractivity contribution in [1.29, 1.82) is 0 Å². The molecule has 0 heterocycles. The Labute approximate surface area is 124 Å². The van der Waals surface area contributed by atoms with Crippen LogP contribution in [0.4, 0.5) is 0 Å². The predicted molar refractivity (Wildman–Crippen MR) is 83.6 cm³/mol. The number of amides is 1. The summed E-state index contributed by atoms with van der Waals surface area (Å²) in [6, 6.07) is 14.1. The van der Waals surface area contributed by atoms with Gasteiger partial charge in [-0.25, -0.2) is 0 Å². The van der Waals surface area contributed by atoms with Crippen molar-refractivity contribution in [3.63, 3.8) is 0 Å². The van der Waals surface area contributed by atoms with Crippen LogP contribution < -0.4 is 0 Å². The van der Waals surface area contributed by atoms with Crippen LogP contribution in [-0.4, -0.2) is 23.2 Å². The quantitative estimate of drug-likeness (QED) is 0.621. The molecule has 2 aromatic rings. The number of carbonyl (C=O) groups is 1. The van der Waals surface area contributed by atoms with E-state index in [4.69, 9.17) is 18.0 Å². The highest BCUT2D eigenvalue weighted by Gasteiger charge is 2.21. The minimum Gasteiger partial charge on any atom is -0.324 e. The second-order valence-electron chi connectivity index (χ2n) is 4.60. The third-order valence-electron chi connectivity index (χ3n) is 3.44. The average Bonchev–Trinajstić information content (AvgIpc) is 2.50. The molecule has 0 spiro atoms. The second kappa shape index (κ2) is 6.45. The van der Waals surface area contributed by atoms with Crippen molar-refractivity contribution in [3.05, 3.63) is 48.0 Å². The third-order valence-corrected chi connectivity index (χ3v) is 3.67. The molecule has 0 aromatic heterocycles. The van der Waals surface area contributed by atoms with Gasteiger partial charge in [-0.1, -0.05) is 48.4 Å². The first-order chi connectivity index (χ1) is 9.69. The number of alkyl halides is 1. The number of hydrogen-bond acceptors (Lipinski definition) is 1. The highest BCUT2D eigenvalue weighted by molar-refractivity contribution is 6.27. The van der Waals surface area contributed by atoms with Crippen LogP contribution in [0.2, 0.25) is 0 Å². The zero-order chi connectivity index (χ0) is 14.5. The van der Waals surface area contributed by atoms with E-state index in [1.54, 1.807) is 4.90 Å². The van der Waals surface area contributed by atoms with Crippen LogP contribution in [0.25, 0.3) is 10.8 Å². The summed E-state index contributed by atoms with van der Waals surface area (Å²) >= 11 is 5.67. The maximum atomic E-state index is 12.0. The lowest BCUT2D eigenvalue weighted by molar-refractivity contribution is -0.129. The van der Waals surface area contributed by atoms with Crippen molar-refractivity contribution in [2.45, 2.75) is 13.0 Å². The maximum Gasteiger partial charge on any atom is 0.238 e. The molecule has 0 aliphatic rings. The Bertz CT molecular complexity index is 654. The predicted octanol–water partition coefficient (Wildman–Crippen LogP) is 3.60. The number of carbonyl (C=O) groups excluding carboxylic acids is 1. The number of hydrogen-bond donors (Lipinski definition) is 0. The molecule has 3 heteroatoms. The number of nitrogens with zero attached hydrogens (tertiary/aromatic N) is 1. The van der Waals surface area contributed by atoms with E-state index in [-0.39, 0.29) is 24.4 Å². The van der Waals surface area contributed by atoms with Crippen molar-refractivity contribution in [2.24, 2.45) is 0 Å². The number of rotatable bonds is 4. The molecular formula is C17H16ClNO. The van der Waals surface area contributed by atoms with Gasteiger partial charge >= 0.3 is 0 Å². The molecule has 1 atom stereocenters. The highest BCUT2D eigenvalue weighted by atomic mass is 35.5. The molecule has 1 amide bonds. The first kappa shape index (κ1) is 14.4. The van der Waals surface area contributed by atoms with Gasteiger partial charge in [-0.05, 0) is 23.3 Å². The Morgan fingerprint density at radius 1 is 1.30 bits per heavy atom. The van der Waals surface area contributed by atoms with E-state index in [1.807, 2.05) is 31.2 Å². The number of fused-ring (bicyclic) bond motifs is 1. The van der Waals surface area contributed by atoms with Crippen molar-refractivity contribution in [3.8, 4) is 12.3 Å². The summed E-state index contributed by atoms with van der Waals surface area (Å²) in [5, 5.41) is 2.28. The molecule has 0 unspecified atom stereocenters. The summed E-state index contributed by atoms with van der Waals surface area (Å²) in [6.07, 6.45) is 5.36. The lowest BCUT2D eigenvalue weighted by Gasteiger charge is -2.28. The molecular weight excluding hydrogens is 270 g/mol. The summed E-state index contributed by atoms with van der Waals surface area (Å²) in [5.74, 6) is 2.32. The van der Waals surface area contributed by atoms with E-state index >= 15 is 0 Å². The van der Waals surface area contributed by atoms with Gasteiger partial charge in [-0.15, -0.1) is 18.0 Å². The molecule has 102 valence electrons. The summed E-state index contributed by atoms with van der Waals surface area (Å²) in [5.41, 5.74) is 1.08. The number of terminal acetylenes is 1. The Morgan fingerprint density at radius 2 is 2.00 bits per heavy atom. The minimum absolute atomic E-state index is 0.0587. The van der Waals surface area contributed by atoms with Gasteiger partial charge in [0.25, 0.3) is 0 Å². The first-order valence-corrected chi connectivity index (χ1v) is 6.99.